The molecular formula is C12H19N3O2S. The number of rotatable bonds is 3. The zero-order chi connectivity index (χ0) is 13.3. The van der Waals surface area contributed by atoms with Crippen molar-refractivity contribution < 1.29 is 9.90 Å². The fraction of sp³-hybridized carbons (Fsp3) is 0.667. The topological polar surface area (TPSA) is 79.5 Å². The Bertz CT molecular complexity index is 425. The van der Waals surface area contributed by atoms with E-state index in [9.17, 15) is 4.79 Å². The van der Waals surface area contributed by atoms with Crippen molar-refractivity contribution in [3.8, 4) is 0 Å². The standard InChI is InChI=1S/C12H19N3O2S/c1-7-3-8(2)5-15(4-7)12-14-9(6-18-12)10(13)11(16)17/h6-8,10H,3-5,13H2,1-2H3,(H,16,17). The van der Waals surface area contributed by atoms with Crippen LogP contribution in [0.5, 0.6) is 0 Å². The summed E-state index contributed by atoms with van der Waals surface area (Å²) in [6, 6.07) is -1.02. The number of carboxylic acid groups (broad SMARTS) is 1. The maximum absolute atomic E-state index is 10.8. The van der Waals surface area contributed by atoms with E-state index in [2.05, 4.69) is 23.7 Å². The first-order valence-corrected chi connectivity index (χ1v) is 7.04. The van der Waals surface area contributed by atoms with Crippen molar-refractivity contribution in [2.24, 2.45) is 17.6 Å². The molecule has 3 unspecified atom stereocenters. The van der Waals surface area contributed by atoms with E-state index in [-0.39, 0.29) is 0 Å². The normalized spacial score (nSPS) is 26.1. The molecule has 1 aliphatic rings. The number of carboxylic acids is 1. The lowest BCUT2D eigenvalue weighted by Gasteiger charge is -2.34. The molecule has 5 nitrogen and oxygen atoms in total. The van der Waals surface area contributed by atoms with Gasteiger partial charge in [0.05, 0.1) is 5.69 Å². The summed E-state index contributed by atoms with van der Waals surface area (Å²) in [5.41, 5.74) is 6.01. The first kappa shape index (κ1) is 13.3. The largest absolute Gasteiger partial charge is 0.480 e. The summed E-state index contributed by atoms with van der Waals surface area (Å²) in [4.78, 5) is 17.4. The van der Waals surface area contributed by atoms with Crippen molar-refractivity contribution in [2.45, 2.75) is 26.3 Å². The summed E-state index contributed by atoms with van der Waals surface area (Å²) in [5, 5.41) is 11.5. The van der Waals surface area contributed by atoms with Crippen LogP contribution in [0.2, 0.25) is 0 Å². The lowest BCUT2D eigenvalue weighted by Crippen LogP contribution is -2.38. The number of hydrogen-bond donors (Lipinski definition) is 2. The van der Waals surface area contributed by atoms with Crippen LogP contribution in [-0.2, 0) is 4.79 Å². The lowest BCUT2D eigenvalue weighted by atomic mass is 9.92. The molecule has 0 spiro atoms. The molecule has 100 valence electrons. The van der Waals surface area contributed by atoms with Gasteiger partial charge >= 0.3 is 5.97 Å². The minimum atomic E-state index is -1.03. The van der Waals surface area contributed by atoms with E-state index < -0.39 is 12.0 Å². The minimum Gasteiger partial charge on any atom is -0.480 e. The van der Waals surface area contributed by atoms with Gasteiger partial charge in [-0.05, 0) is 18.3 Å². The predicted molar refractivity (Wildman–Crippen MR) is 71.8 cm³/mol. The van der Waals surface area contributed by atoms with Crippen molar-refractivity contribution in [1.29, 1.82) is 0 Å². The Hall–Kier alpha value is -1.14. The van der Waals surface area contributed by atoms with Gasteiger partial charge in [0.1, 0.15) is 6.04 Å². The molecule has 3 atom stereocenters. The Morgan fingerprint density at radius 1 is 1.56 bits per heavy atom. The van der Waals surface area contributed by atoms with Crippen LogP contribution in [-0.4, -0.2) is 29.1 Å². The number of thiazole rings is 1. The highest BCUT2D eigenvalue weighted by Gasteiger charge is 2.25. The number of aromatic nitrogens is 1. The highest BCUT2D eigenvalue weighted by molar-refractivity contribution is 7.13. The number of piperidine rings is 1. The Labute approximate surface area is 111 Å². The van der Waals surface area contributed by atoms with Crippen molar-refractivity contribution in [1.82, 2.24) is 4.98 Å². The van der Waals surface area contributed by atoms with Gasteiger partial charge in [0.15, 0.2) is 5.13 Å². The van der Waals surface area contributed by atoms with Crippen molar-refractivity contribution >= 4 is 22.4 Å². The van der Waals surface area contributed by atoms with Gasteiger partial charge in [-0.3, -0.25) is 4.79 Å². The highest BCUT2D eigenvalue weighted by Crippen LogP contribution is 2.29. The molecule has 0 aliphatic carbocycles. The van der Waals surface area contributed by atoms with Crippen molar-refractivity contribution in [3.63, 3.8) is 0 Å². The molecule has 2 rings (SSSR count). The molecule has 1 fully saturated rings. The van der Waals surface area contributed by atoms with Crippen LogP contribution in [0, 0.1) is 11.8 Å². The Kier molecular flexibility index (Phi) is 3.87. The third-order valence-electron chi connectivity index (χ3n) is 3.23. The van der Waals surface area contributed by atoms with E-state index in [0.717, 1.165) is 18.2 Å². The second kappa shape index (κ2) is 5.24. The molecule has 3 N–H and O–H groups in total. The molecule has 0 amide bonds. The Morgan fingerprint density at radius 2 is 2.17 bits per heavy atom. The van der Waals surface area contributed by atoms with Gasteiger partial charge in [-0.2, -0.15) is 0 Å². The van der Waals surface area contributed by atoms with Crippen LogP contribution in [0.15, 0.2) is 5.38 Å². The van der Waals surface area contributed by atoms with E-state index in [0.29, 0.717) is 17.5 Å². The molecule has 2 heterocycles. The summed E-state index contributed by atoms with van der Waals surface area (Å²) in [6.07, 6.45) is 1.24. The number of nitrogens with zero attached hydrogens (tertiary/aromatic N) is 2. The molecular weight excluding hydrogens is 250 g/mol. The smallest absolute Gasteiger partial charge is 0.326 e. The van der Waals surface area contributed by atoms with Gasteiger partial charge < -0.3 is 15.7 Å². The van der Waals surface area contributed by atoms with Crippen LogP contribution in [0.3, 0.4) is 0 Å². The zero-order valence-corrected chi connectivity index (χ0v) is 11.5. The SMILES string of the molecule is CC1CC(C)CN(c2nc(C(N)C(=O)O)cs2)C1. The third-order valence-corrected chi connectivity index (χ3v) is 4.15. The monoisotopic (exact) mass is 269 g/mol. The molecule has 0 radical (unpaired) electrons. The van der Waals surface area contributed by atoms with Crippen LogP contribution in [0.1, 0.15) is 32.0 Å². The quantitative estimate of drug-likeness (QED) is 0.873. The first-order chi connectivity index (χ1) is 8.47. The molecule has 0 aromatic carbocycles. The molecule has 6 heteroatoms. The third kappa shape index (κ3) is 2.81. The van der Waals surface area contributed by atoms with Crippen LogP contribution < -0.4 is 10.6 Å². The van der Waals surface area contributed by atoms with E-state index in [1.54, 1.807) is 5.38 Å². The maximum Gasteiger partial charge on any atom is 0.326 e. The zero-order valence-electron chi connectivity index (χ0n) is 10.7. The van der Waals surface area contributed by atoms with Gasteiger partial charge in [0.2, 0.25) is 0 Å². The van der Waals surface area contributed by atoms with Gasteiger partial charge in [-0.15, -0.1) is 11.3 Å². The van der Waals surface area contributed by atoms with E-state index >= 15 is 0 Å². The fourth-order valence-corrected chi connectivity index (χ4v) is 3.39. The molecule has 0 bridgehead atoms. The molecule has 0 saturated carbocycles. The van der Waals surface area contributed by atoms with Crippen molar-refractivity contribution in [3.05, 3.63) is 11.1 Å². The summed E-state index contributed by atoms with van der Waals surface area (Å²) in [7, 11) is 0. The number of carbonyl (C=O) groups is 1. The Morgan fingerprint density at radius 3 is 2.72 bits per heavy atom. The summed E-state index contributed by atoms with van der Waals surface area (Å²) in [5.74, 6) is 0.260. The lowest BCUT2D eigenvalue weighted by molar-refractivity contribution is -0.138. The number of anilines is 1. The van der Waals surface area contributed by atoms with Gasteiger partial charge in [0.25, 0.3) is 0 Å². The minimum absolute atomic E-state index is 0.452. The summed E-state index contributed by atoms with van der Waals surface area (Å²) in [6.45, 7) is 6.44. The van der Waals surface area contributed by atoms with Gasteiger partial charge in [0, 0.05) is 18.5 Å². The molecule has 1 aliphatic heterocycles. The van der Waals surface area contributed by atoms with Crippen LogP contribution in [0.25, 0.3) is 0 Å². The first-order valence-electron chi connectivity index (χ1n) is 6.16. The molecule has 1 aromatic rings. The second-order valence-electron chi connectivity index (χ2n) is 5.22. The molecule has 1 saturated heterocycles. The average Bonchev–Trinajstić information content (AvgIpc) is 2.75. The summed E-state index contributed by atoms with van der Waals surface area (Å²) >= 11 is 1.48. The number of nitrogens with two attached hydrogens (primary N) is 1. The molecule has 1 aromatic heterocycles. The fourth-order valence-electron chi connectivity index (χ4n) is 2.51. The van der Waals surface area contributed by atoms with Gasteiger partial charge in [-0.25, -0.2) is 4.98 Å². The summed E-state index contributed by atoms with van der Waals surface area (Å²) < 4.78 is 0. The maximum atomic E-state index is 10.8. The number of hydrogen-bond acceptors (Lipinski definition) is 5. The van der Waals surface area contributed by atoms with E-state index in [4.69, 9.17) is 10.8 Å². The molecule has 18 heavy (non-hydrogen) atoms. The highest BCUT2D eigenvalue weighted by atomic mass is 32.1. The number of aliphatic carboxylic acids is 1. The Balaban J connectivity index is 2.12. The van der Waals surface area contributed by atoms with E-state index in [1.165, 1.54) is 17.8 Å². The van der Waals surface area contributed by atoms with Gasteiger partial charge in [-0.1, -0.05) is 13.8 Å². The average molecular weight is 269 g/mol. The van der Waals surface area contributed by atoms with Crippen LogP contribution in [0.4, 0.5) is 5.13 Å². The van der Waals surface area contributed by atoms with Crippen molar-refractivity contribution in [2.75, 3.05) is 18.0 Å². The van der Waals surface area contributed by atoms with E-state index in [1.807, 2.05) is 0 Å². The second-order valence-corrected chi connectivity index (χ2v) is 6.06. The van der Waals surface area contributed by atoms with Crippen LogP contribution >= 0.6 is 11.3 Å². The predicted octanol–water partition coefficient (Wildman–Crippen LogP) is 1.71.